The number of fused-ring (bicyclic) bond motifs is 7. The van der Waals surface area contributed by atoms with E-state index in [-0.39, 0.29) is 57.3 Å². The zero-order valence-electron chi connectivity index (χ0n) is 29.8. The molecule has 4 saturated carbocycles. The van der Waals surface area contributed by atoms with Crippen molar-refractivity contribution in [2.45, 2.75) is 126 Å². The van der Waals surface area contributed by atoms with E-state index in [0.717, 1.165) is 68.3 Å². The molecule has 46 heavy (non-hydrogen) atoms. The van der Waals surface area contributed by atoms with Crippen LogP contribution in [-0.2, 0) is 25.7 Å². The second-order valence-electron chi connectivity index (χ2n) is 17.3. The van der Waals surface area contributed by atoms with Gasteiger partial charge in [-0.25, -0.2) is 0 Å². The summed E-state index contributed by atoms with van der Waals surface area (Å²) in [4.78, 5) is 40.4. The van der Waals surface area contributed by atoms with Crippen LogP contribution in [0.5, 0.6) is 5.75 Å². The fourth-order valence-corrected chi connectivity index (χ4v) is 12.4. The summed E-state index contributed by atoms with van der Waals surface area (Å²) < 4.78 is 11.2. The number of hydrogen-bond acceptors (Lipinski definition) is 5. The van der Waals surface area contributed by atoms with Gasteiger partial charge in [-0.15, -0.1) is 0 Å². The Bertz CT molecular complexity index is 1440. The van der Waals surface area contributed by atoms with Gasteiger partial charge in [0.2, 0.25) is 5.91 Å². The Morgan fingerprint density at radius 2 is 1.59 bits per heavy atom. The molecule has 8 atom stereocenters. The van der Waals surface area contributed by atoms with E-state index in [1.165, 1.54) is 5.57 Å². The highest BCUT2D eigenvalue weighted by Gasteiger charge is 2.71. The van der Waals surface area contributed by atoms with Crippen LogP contribution < -0.4 is 10.1 Å². The molecular weight excluding hydrogens is 574 g/mol. The first-order valence-corrected chi connectivity index (χ1v) is 17.9. The molecule has 1 amide bonds. The number of carbonyl (C=O) groups excluding carboxylic acids is 3. The molecule has 0 radical (unpaired) electrons. The van der Waals surface area contributed by atoms with E-state index < -0.39 is 5.41 Å². The fraction of sp³-hybridized carbons (Fsp3) is 0.725. The standard InChI is InChI=1S/C40H57NO5/c1-24(2)33-29(43)22-40(35(44)41-23-26-10-12-27(45-9)13-11-26)21-20-38(7)28(34(33)40)14-15-31-37(6)18-17-32(46-25(3)42)36(4,5)30(37)16-19-39(31,38)8/h10-13,24,28,30-32H,14-23H2,1-9H3,(H,41,44)/t28-,30?,31?,32+,37+,38-,39-,40-/m1/s1. The van der Waals surface area contributed by atoms with E-state index in [1.807, 2.05) is 24.3 Å². The van der Waals surface area contributed by atoms with Crippen LogP contribution in [0.15, 0.2) is 35.4 Å². The summed E-state index contributed by atoms with van der Waals surface area (Å²) in [7, 11) is 1.65. The van der Waals surface area contributed by atoms with Crippen LogP contribution in [0.25, 0.3) is 0 Å². The van der Waals surface area contributed by atoms with Gasteiger partial charge in [0, 0.05) is 25.3 Å². The minimum atomic E-state index is -0.748. The highest BCUT2D eigenvalue weighted by molar-refractivity contribution is 6.06. The number of benzene rings is 1. The van der Waals surface area contributed by atoms with Crippen molar-refractivity contribution in [3.05, 3.63) is 41.0 Å². The Morgan fingerprint density at radius 1 is 0.891 bits per heavy atom. The molecule has 0 spiro atoms. The highest BCUT2D eigenvalue weighted by Crippen LogP contribution is 2.76. The largest absolute Gasteiger partial charge is 0.497 e. The molecule has 0 aliphatic heterocycles. The minimum absolute atomic E-state index is 0.000624. The fourth-order valence-electron chi connectivity index (χ4n) is 12.4. The van der Waals surface area contributed by atoms with Gasteiger partial charge in [-0.05, 0) is 120 Å². The number of carbonyl (C=O) groups is 3. The SMILES string of the molecule is COc1ccc(CNC(=O)[C@@]23CC[C@]4(C)[C@H](CCC5[C@@]6(C)CC[C@H](OC(C)=O)C(C)(C)C6CC[C@]54C)C2=C(C(C)C)C(=O)C3)cc1. The van der Waals surface area contributed by atoms with Crippen LogP contribution in [-0.4, -0.2) is 30.9 Å². The summed E-state index contributed by atoms with van der Waals surface area (Å²) in [5.41, 5.74) is 2.59. The van der Waals surface area contributed by atoms with Crippen molar-refractivity contribution >= 4 is 17.7 Å². The van der Waals surface area contributed by atoms with Crippen molar-refractivity contribution in [2.75, 3.05) is 7.11 Å². The predicted molar refractivity (Wildman–Crippen MR) is 180 cm³/mol. The van der Waals surface area contributed by atoms with Gasteiger partial charge in [0.1, 0.15) is 11.9 Å². The summed E-state index contributed by atoms with van der Waals surface area (Å²) in [5, 5.41) is 3.29. The van der Waals surface area contributed by atoms with Crippen LogP contribution in [0, 0.1) is 50.7 Å². The average molecular weight is 632 g/mol. The number of esters is 1. The molecule has 6 heteroatoms. The van der Waals surface area contributed by atoms with Crippen molar-refractivity contribution in [1.82, 2.24) is 5.32 Å². The summed E-state index contributed by atoms with van der Waals surface area (Å²) >= 11 is 0. The van der Waals surface area contributed by atoms with E-state index >= 15 is 0 Å². The molecule has 0 bridgehead atoms. The van der Waals surface area contributed by atoms with Gasteiger partial charge in [0.05, 0.1) is 12.5 Å². The van der Waals surface area contributed by atoms with Crippen LogP contribution in [0.4, 0.5) is 0 Å². The van der Waals surface area contributed by atoms with E-state index in [2.05, 4.69) is 53.8 Å². The van der Waals surface area contributed by atoms with Crippen LogP contribution in [0.2, 0.25) is 0 Å². The molecule has 1 aromatic rings. The molecule has 0 heterocycles. The van der Waals surface area contributed by atoms with E-state index in [1.54, 1.807) is 14.0 Å². The lowest BCUT2D eigenvalue weighted by Crippen LogP contribution is -2.66. The molecule has 5 aliphatic rings. The van der Waals surface area contributed by atoms with Crippen molar-refractivity contribution in [1.29, 1.82) is 0 Å². The second-order valence-corrected chi connectivity index (χ2v) is 17.3. The van der Waals surface area contributed by atoms with Gasteiger partial charge in [0.25, 0.3) is 0 Å². The van der Waals surface area contributed by atoms with Crippen molar-refractivity contribution in [3.63, 3.8) is 0 Å². The number of allylic oxidation sites excluding steroid dienone is 1. The Hall–Kier alpha value is -2.63. The number of ketones is 1. The lowest BCUT2D eigenvalue weighted by atomic mass is 9.33. The molecule has 252 valence electrons. The Balaban J connectivity index is 1.33. The van der Waals surface area contributed by atoms with Crippen LogP contribution in [0.3, 0.4) is 0 Å². The molecule has 0 aromatic heterocycles. The number of nitrogens with one attached hydrogen (secondary N) is 1. The van der Waals surface area contributed by atoms with Crippen LogP contribution >= 0.6 is 0 Å². The Kier molecular flexibility index (Phi) is 8.12. The quantitative estimate of drug-likeness (QED) is 0.320. The first-order chi connectivity index (χ1) is 21.5. The highest BCUT2D eigenvalue weighted by atomic mass is 16.5. The Labute approximate surface area is 276 Å². The van der Waals surface area contributed by atoms with E-state index in [4.69, 9.17) is 9.47 Å². The molecule has 0 saturated heterocycles. The van der Waals surface area contributed by atoms with Gasteiger partial charge in [-0.2, -0.15) is 0 Å². The third-order valence-electron chi connectivity index (χ3n) is 14.7. The number of methoxy groups -OCH3 is 1. The van der Waals surface area contributed by atoms with Crippen molar-refractivity contribution in [3.8, 4) is 5.75 Å². The zero-order valence-corrected chi connectivity index (χ0v) is 29.8. The summed E-state index contributed by atoms with van der Waals surface area (Å²) in [6.45, 7) is 18.6. The number of Topliss-reactive ketones (excluding diaryl/α,β-unsaturated/α-hetero) is 1. The summed E-state index contributed by atoms with van der Waals surface area (Å²) in [6, 6.07) is 7.83. The van der Waals surface area contributed by atoms with Crippen molar-refractivity contribution < 1.29 is 23.9 Å². The number of ether oxygens (including phenoxy) is 2. The third kappa shape index (κ3) is 4.65. The number of hydrogen-bond donors (Lipinski definition) is 1. The minimum Gasteiger partial charge on any atom is -0.497 e. The first-order valence-electron chi connectivity index (χ1n) is 17.9. The predicted octanol–water partition coefficient (Wildman–Crippen LogP) is 8.22. The molecule has 2 unspecified atom stereocenters. The van der Waals surface area contributed by atoms with E-state index in [9.17, 15) is 14.4 Å². The van der Waals surface area contributed by atoms with Crippen molar-refractivity contribution in [2.24, 2.45) is 50.7 Å². The molecule has 6 nitrogen and oxygen atoms in total. The summed E-state index contributed by atoms with van der Waals surface area (Å²) in [5.74, 6) is 2.19. The lowest BCUT2D eigenvalue weighted by Gasteiger charge is -2.72. The topological polar surface area (TPSA) is 81.7 Å². The number of rotatable bonds is 6. The smallest absolute Gasteiger partial charge is 0.302 e. The molecule has 6 rings (SSSR count). The second kappa shape index (κ2) is 11.2. The maximum absolute atomic E-state index is 14.4. The van der Waals surface area contributed by atoms with Gasteiger partial charge in [0.15, 0.2) is 5.78 Å². The Morgan fingerprint density at radius 3 is 2.22 bits per heavy atom. The molecule has 4 fully saturated rings. The van der Waals surface area contributed by atoms with Gasteiger partial charge in [-0.3, -0.25) is 14.4 Å². The molecular formula is C40H57NO5. The van der Waals surface area contributed by atoms with Gasteiger partial charge < -0.3 is 14.8 Å². The third-order valence-corrected chi connectivity index (χ3v) is 14.7. The zero-order chi connectivity index (χ0) is 33.4. The average Bonchev–Trinajstić information content (AvgIpc) is 3.31. The lowest BCUT2D eigenvalue weighted by molar-refractivity contribution is -0.232. The molecule has 1 N–H and O–H groups in total. The van der Waals surface area contributed by atoms with Gasteiger partial charge >= 0.3 is 5.97 Å². The summed E-state index contributed by atoms with van der Waals surface area (Å²) in [6.07, 6.45) is 8.37. The van der Waals surface area contributed by atoms with Crippen LogP contribution in [0.1, 0.15) is 119 Å². The van der Waals surface area contributed by atoms with E-state index in [0.29, 0.717) is 24.8 Å². The monoisotopic (exact) mass is 631 g/mol. The maximum Gasteiger partial charge on any atom is 0.302 e. The molecule has 5 aliphatic carbocycles. The first kappa shape index (κ1) is 33.3. The van der Waals surface area contributed by atoms with Gasteiger partial charge in [-0.1, -0.05) is 60.6 Å². The molecule has 1 aromatic carbocycles. The number of amides is 1. The normalized spacial score (nSPS) is 39.6. The maximum atomic E-state index is 14.4.